The number of hydrogen-bond acceptors (Lipinski definition) is 2. The SMILES string of the molecule is Cc1ccc(N(C)C(C)C(=O)O)cc1. The van der Waals surface area contributed by atoms with E-state index in [1.807, 2.05) is 31.2 Å². The Labute approximate surface area is 84.0 Å². The van der Waals surface area contributed by atoms with Gasteiger partial charge in [-0.2, -0.15) is 0 Å². The van der Waals surface area contributed by atoms with Crippen LogP contribution in [0.15, 0.2) is 24.3 Å². The predicted octanol–water partition coefficient (Wildman–Crippen LogP) is 1.90. The maximum atomic E-state index is 10.7. The van der Waals surface area contributed by atoms with Crippen molar-refractivity contribution < 1.29 is 9.90 Å². The molecule has 3 heteroatoms. The summed E-state index contributed by atoms with van der Waals surface area (Å²) in [6.45, 7) is 3.67. The van der Waals surface area contributed by atoms with Gasteiger partial charge in [0.15, 0.2) is 0 Å². The monoisotopic (exact) mass is 193 g/mol. The summed E-state index contributed by atoms with van der Waals surface area (Å²) in [5.41, 5.74) is 2.09. The van der Waals surface area contributed by atoms with Crippen LogP contribution >= 0.6 is 0 Å². The molecule has 14 heavy (non-hydrogen) atoms. The van der Waals surface area contributed by atoms with Crippen molar-refractivity contribution in [3.63, 3.8) is 0 Å². The van der Waals surface area contributed by atoms with Gasteiger partial charge in [0.2, 0.25) is 0 Å². The highest BCUT2D eigenvalue weighted by Gasteiger charge is 2.16. The molecule has 0 aliphatic rings. The van der Waals surface area contributed by atoms with Gasteiger partial charge in [-0.25, -0.2) is 4.79 Å². The quantitative estimate of drug-likeness (QED) is 0.797. The average Bonchev–Trinajstić information content (AvgIpc) is 2.16. The molecule has 1 rings (SSSR count). The lowest BCUT2D eigenvalue weighted by molar-refractivity contribution is -0.138. The van der Waals surface area contributed by atoms with E-state index >= 15 is 0 Å². The molecular weight excluding hydrogens is 178 g/mol. The first-order valence-electron chi connectivity index (χ1n) is 4.54. The summed E-state index contributed by atoms with van der Waals surface area (Å²) in [4.78, 5) is 12.5. The lowest BCUT2D eigenvalue weighted by atomic mass is 10.2. The lowest BCUT2D eigenvalue weighted by Gasteiger charge is -2.23. The first-order valence-corrected chi connectivity index (χ1v) is 4.54. The van der Waals surface area contributed by atoms with Gasteiger partial charge in [-0.3, -0.25) is 0 Å². The van der Waals surface area contributed by atoms with E-state index in [0.717, 1.165) is 5.69 Å². The van der Waals surface area contributed by atoms with Gasteiger partial charge in [-0.15, -0.1) is 0 Å². The Balaban J connectivity index is 2.84. The third-order valence-corrected chi connectivity index (χ3v) is 2.38. The predicted molar refractivity (Wildman–Crippen MR) is 56.7 cm³/mol. The molecule has 76 valence electrons. The van der Waals surface area contributed by atoms with Crippen molar-refractivity contribution in [2.24, 2.45) is 0 Å². The van der Waals surface area contributed by atoms with Crippen molar-refractivity contribution in [3.05, 3.63) is 29.8 Å². The van der Waals surface area contributed by atoms with Crippen LogP contribution in [0, 0.1) is 6.92 Å². The van der Waals surface area contributed by atoms with Crippen LogP contribution in [0.1, 0.15) is 12.5 Å². The summed E-state index contributed by atoms with van der Waals surface area (Å²) in [6, 6.07) is 7.29. The molecule has 0 aliphatic carbocycles. The number of carboxylic acids is 1. The van der Waals surface area contributed by atoms with Crippen molar-refractivity contribution in [2.45, 2.75) is 19.9 Å². The van der Waals surface area contributed by atoms with E-state index < -0.39 is 12.0 Å². The van der Waals surface area contributed by atoms with Crippen LogP contribution in [0.5, 0.6) is 0 Å². The van der Waals surface area contributed by atoms with Crippen LogP contribution in [0.3, 0.4) is 0 Å². The van der Waals surface area contributed by atoms with Gasteiger partial charge in [0, 0.05) is 12.7 Å². The van der Waals surface area contributed by atoms with Gasteiger partial charge < -0.3 is 10.0 Å². The fraction of sp³-hybridized carbons (Fsp3) is 0.364. The molecule has 0 spiro atoms. The molecule has 0 radical (unpaired) electrons. The Morgan fingerprint density at radius 2 is 1.86 bits per heavy atom. The Kier molecular flexibility index (Phi) is 3.12. The van der Waals surface area contributed by atoms with Crippen LogP contribution < -0.4 is 4.90 Å². The number of aryl methyl sites for hydroxylation is 1. The standard InChI is InChI=1S/C11H15NO2/c1-8-4-6-10(7-5-8)12(3)9(2)11(13)14/h4-7,9H,1-3H3,(H,13,14). The van der Waals surface area contributed by atoms with Gasteiger partial charge >= 0.3 is 5.97 Å². The van der Waals surface area contributed by atoms with Crippen LogP contribution in [-0.4, -0.2) is 24.2 Å². The van der Waals surface area contributed by atoms with Gasteiger partial charge in [0.05, 0.1) is 0 Å². The molecule has 3 nitrogen and oxygen atoms in total. The molecule has 1 atom stereocenters. The topological polar surface area (TPSA) is 40.5 Å². The molecule has 0 heterocycles. The Morgan fingerprint density at radius 3 is 2.29 bits per heavy atom. The van der Waals surface area contributed by atoms with Gasteiger partial charge in [0.1, 0.15) is 6.04 Å². The molecule has 1 N–H and O–H groups in total. The minimum Gasteiger partial charge on any atom is -0.480 e. The fourth-order valence-corrected chi connectivity index (χ4v) is 1.17. The maximum Gasteiger partial charge on any atom is 0.326 e. The third kappa shape index (κ3) is 2.25. The largest absolute Gasteiger partial charge is 0.480 e. The smallest absolute Gasteiger partial charge is 0.326 e. The van der Waals surface area contributed by atoms with E-state index in [9.17, 15) is 4.79 Å². The molecule has 0 bridgehead atoms. The number of anilines is 1. The second-order valence-corrected chi connectivity index (χ2v) is 3.46. The van der Waals surface area contributed by atoms with E-state index in [1.54, 1.807) is 18.9 Å². The number of hydrogen-bond donors (Lipinski definition) is 1. The van der Waals surface area contributed by atoms with Crippen molar-refractivity contribution in [1.29, 1.82) is 0 Å². The van der Waals surface area contributed by atoms with Crippen LogP contribution in [0.25, 0.3) is 0 Å². The molecule has 1 aromatic rings. The molecule has 0 saturated heterocycles. The first-order chi connectivity index (χ1) is 6.52. The van der Waals surface area contributed by atoms with E-state index in [0.29, 0.717) is 0 Å². The van der Waals surface area contributed by atoms with Crippen LogP contribution in [-0.2, 0) is 4.79 Å². The molecule has 0 fully saturated rings. The maximum absolute atomic E-state index is 10.7. The number of rotatable bonds is 3. The number of aliphatic carboxylic acids is 1. The van der Waals surface area contributed by atoms with Gasteiger partial charge in [0.25, 0.3) is 0 Å². The summed E-state index contributed by atoms with van der Waals surface area (Å²) < 4.78 is 0. The van der Waals surface area contributed by atoms with Crippen molar-refractivity contribution in [1.82, 2.24) is 0 Å². The zero-order valence-corrected chi connectivity index (χ0v) is 8.69. The second kappa shape index (κ2) is 4.13. The summed E-state index contributed by atoms with van der Waals surface area (Å²) >= 11 is 0. The Bertz CT molecular complexity index is 319. The fourth-order valence-electron chi connectivity index (χ4n) is 1.17. The van der Waals surface area contributed by atoms with Gasteiger partial charge in [-0.05, 0) is 26.0 Å². The normalized spacial score (nSPS) is 12.2. The minimum absolute atomic E-state index is 0.502. The average molecular weight is 193 g/mol. The highest BCUT2D eigenvalue weighted by molar-refractivity contribution is 5.77. The number of likely N-dealkylation sites (N-methyl/N-ethyl adjacent to an activating group) is 1. The number of carbonyl (C=O) groups is 1. The Morgan fingerprint density at radius 1 is 1.36 bits per heavy atom. The molecular formula is C11H15NO2. The molecule has 1 unspecified atom stereocenters. The van der Waals surface area contributed by atoms with Crippen molar-refractivity contribution >= 4 is 11.7 Å². The molecule has 0 saturated carbocycles. The third-order valence-electron chi connectivity index (χ3n) is 2.38. The van der Waals surface area contributed by atoms with Crippen molar-refractivity contribution in [2.75, 3.05) is 11.9 Å². The second-order valence-electron chi connectivity index (χ2n) is 3.46. The van der Waals surface area contributed by atoms with E-state index in [-0.39, 0.29) is 0 Å². The zero-order valence-electron chi connectivity index (χ0n) is 8.69. The summed E-state index contributed by atoms with van der Waals surface area (Å²) in [6.07, 6.45) is 0. The van der Waals surface area contributed by atoms with Crippen LogP contribution in [0.2, 0.25) is 0 Å². The minimum atomic E-state index is -0.812. The van der Waals surface area contributed by atoms with Gasteiger partial charge in [-0.1, -0.05) is 17.7 Å². The van der Waals surface area contributed by atoms with E-state index in [4.69, 9.17) is 5.11 Å². The summed E-state index contributed by atoms with van der Waals surface area (Å²) in [5.74, 6) is -0.812. The van der Waals surface area contributed by atoms with Crippen LogP contribution in [0.4, 0.5) is 5.69 Å². The zero-order chi connectivity index (χ0) is 10.7. The highest BCUT2D eigenvalue weighted by Crippen LogP contribution is 2.15. The number of nitrogens with zero attached hydrogens (tertiary/aromatic N) is 1. The van der Waals surface area contributed by atoms with Crippen molar-refractivity contribution in [3.8, 4) is 0 Å². The molecule has 0 amide bonds. The van der Waals surface area contributed by atoms with E-state index in [2.05, 4.69) is 0 Å². The number of carboxylic acid groups (broad SMARTS) is 1. The summed E-state index contributed by atoms with van der Waals surface area (Å²) in [5, 5.41) is 8.83. The lowest BCUT2D eigenvalue weighted by Crippen LogP contribution is -2.35. The highest BCUT2D eigenvalue weighted by atomic mass is 16.4. The molecule has 0 aromatic heterocycles. The number of benzene rings is 1. The molecule has 1 aromatic carbocycles. The Hall–Kier alpha value is -1.51. The first kappa shape index (κ1) is 10.6. The summed E-state index contributed by atoms with van der Waals surface area (Å²) in [7, 11) is 1.78. The van der Waals surface area contributed by atoms with E-state index in [1.165, 1.54) is 5.56 Å². The molecule has 0 aliphatic heterocycles.